The van der Waals surface area contributed by atoms with Crippen molar-refractivity contribution in [3.8, 4) is 0 Å². The molecule has 0 spiro atoms. The van der Waals surface area contributed by atoms with Gasteiger partial charge in [0.25, 0.3) is 0 Å². The zero-order chi connectivity index (χ0) is 14.8. The number of nitrogens with zero attached hydrogens (tertiary/aromatic N) is 2. The molecule has 4 nitrogen and oxygen atoms in total. The summed E-state index contributed by atoms with van der Waals surface area (Å²) in [7, 11) is 0. The van der Waals surface area contributed by atoms with Crippen LogP contribution < -0.4 is 5.32 Å². The third-order valence-electron chi connectivity index (χ3n) is 4.24. The SMILES string of the molecule is Cc1cnc(CN[C@@]2(CO)C[C@H](C)CC(C)(C)C2)cn1. The summed E-state index contributed by atoms with van der Waals surface area (Å²) in [5.41, 5.74) is 1.94. The number of rotatable bonds is 4. The fraction of sp³-hybridized carbons (Fsp3) is 0.750. The van der Waals surface area contributed by atoms with Crippen molar-refractivity contribution in [3.05, 3.63) is 23.8 Å². The highest BCUT2D eigenvalue weighted by atomic mass is 16.3. The Bertz CT molecular complexity index is 444. The zero-order valence-corrected chi connectivity index (χ0v) is 13.1. The molecule has 0 amide bonds. The summed E-state index contributed by atoms with van der Waals surface area (Å²) in [5.74, 6) is 0.627. The van der Waals surface area contributed by atoms with Crippen LogP contribution in [0.4, 0.5) is 0 Å². The summed E-state index contributed by atoms with van der Waals surface area (Å²) >= 11 is 0. The monoisotopic (exact) mass is 277 g/mol. The van der Waals surface area contributed by atoms with Crippen LogP contribution in [0.25, 0.3) is 0 Å². The minimum Gasteiger partial charge on any atom is -0.394 e. The standard InChI is InChI=1S/C16H27N3O/c1-12-5-15(3,4)10-16(6-12,11-20)19-9-14-8-17-13(2)7-18-14/h7-8,12,19-20H,5-6,9-11H2,1-4H3/t12-,16+/m1/s1. The van der Waals surface area contributed by atoms with Gasteiger partial charge in [0, 0.05) is 24.5 Å². The first-order valence-electron chi connectivity index (χ1n) is 7.48. The molecule has 1 saturated carbocycles. The maximum Gasteiger partial charge on any atom is 0.0724 e. The fourth-order valence-corrected chi connectivity index (χ4v) is 3.84. The molecule has 1 fully saturated rings. The van der Waals surface area contributed by atoms with Gasteiger partial charge in [-0.1, -0.05) is 20.8 Å². The van der Waals surface area contributed by atoms with Crippen molar-refractivity contribution >= 4 is 0 Å². The van der Waals surface area contributed by atoms with Gasteiger partial charge in [-0.3, -0.25) is 9.97 Å². The van der Waals surface area contributed by atoms with Crippen molar-refractivity contribution in [3.63, 3.8) is 0 Å². The molecule has 4 heteroatoms. The Kier molecular flexibility index (Phi) is 4.45. The predicted molar refractivity (Wildman–Crippen MR) is 80.2 cm³/mol. The smallest absolute Gasteiger partial charge is 0.0724 e. The third kappa shape index (κ3) is 3.76. The van der Waals surface area contributed by atoms with Gasteiger partial charge in [-0.25, -0.2) is 0 Å². The van der Waals surface area contributed by atoms with Gasteiger partial charge >= 0.3 is 0 Å². The maximum atomic E-state index is 9.92. The second-order valence-corrected chi connectivity index (χ2v) is 7.30. The van der Waals surface area contributed by atoms with E-state index < -0.39 is 0 Å². The average molecular weight is 277 g/mol. The van der Waals surface area contributed by atoms with Crippen LogP contribution in [0.2, 0.25) is 0 Å². The van der Waals surface area contributed by atoms with Gasteiger partial charge in [0.2, 0.25) is 0 Å². The molecule has 0 aromatic carbocycles. The van der Waals surface area contributed by atoms with Crippen molar-refractivity contribution in [2.75, 3.05) is 6.61 Å². The molecule has 0 saturated heterocycles. The van der Waals surface area contributed by atoms with Gasteiger partial charge in [0.05, 0.1) is 18.0 Å². The van der Waals surface area contributed by atoms with Gasteiger partial charge in [-0.05, 0) is 37.5 Å². The highest BCUT2D eigenvalue weighted by molar-refractivity contribution is 5.04. The van der Waals surface area contributed by atoms with E-state index in [4.69, 9.17) is 0 Å². The van der Waals surface area contributed by atoms with E-state index in [0.29, 0.717) is 12.5 Å². The second kappa shape index (κ2) is 5.78. The number of aliphatic hydroxyl groups is 1. The first kappa shape index (κ1) is 15.4. The van der Waals surface area contributed by atoms with Crippen LogP contribution in [0.15, 0.2) is 12.4 Å². The summed E-state index contributed by atoms with van der Waals surface area (Å²) in [6.07, 6.45) is 6.84. The molecule has 1 aromatic rings. The molecular formula is C16H27N3O. The van der Waals surface area contributed by atoms with Crippen LogP contribution in [0.3, 0.4) is 0 Å². The minimum absolute atomic E-state index is 0.181. The number of hydrogen-bond donors (Lipinski definition) is 2. The Morgan fingerprint density at radius 1 is 1.30 bits per heavy atom. The van der Waals surface area contributed by atoms with Crippen LogP contribution >= 0.6 is 0 Å². The van der Waals surface area contributed by atoms with E-state index >= 15 is 0 Å². The third-order valence-corrected chi connectivity index (χ3v) is 4.24. The largest absolute Gasteiger partial charge is 0.394 e. The van der Waals surface area contributed by atoms with Crippen LogP contribution in [0, 0.1) is 18.3 Å². The van der Waals surface area contributed by atoms with Gasteiger partial charge in [-0.2, -0.15) is 0 Å². The number of hydrogen-bond acceptors (Lipinski definition) is 4. The van der Waals surface area contributed by atoms with E-state index in [9.17, 15) is 5.11 Å². The lowest BCUT2D eigenvalue weighted by molar-refractivity contribution is 0.0350. The van der Waals surface area contributed by atoms with Crippen LogP contribution in [0.1, 0.15) is 51.4 Å². The van der Waals surface area contributed by atoms with Crippen LogP contribution in [-0.4, -0.2) is 27.2 Å². The molecule has 0 radical (unpaired) electrons. The molecule has 2 rings (SSSR count). The van der Waals surface area contributed by atoms with E-state index in [1.54, 1.807) is 6.20 Å². The van der Waals surface area contributed by atoms with Crippen LogP contribution in [0.5, 0.6) is 0 Å². The molecule has 112 valence electrons. The van der Waals surface area contributed by atoms with Crippen LogP contribution in [-0.2, 0) is 6.54 Å². The Hall–Kier alpha value is -1.00. The summed E-state index contributed by atoms with van der Waals surface area (Å²) in [5, 5.41) is 13.5. The molecule has 0 aliphatic heterocycles. The van der Waals surface area contributed by atoms with E-state index in [-0.39, 0.29) is 17.6 Å². The Balaban J connectivity index is 2.05. The minimum atomic E-state index is -0.187. The van der Waals surface area contributed by atoms with Crippen molar-refractivity contribution < 1.29 is 5.11 Å². The molecule has 1 aromatic heterocycles. The van der Waals surface area contributed by atoms with E-state index in [1.807, 2.05) is 13.1 Å². The molecule has 1 aliphatic rings. The molecular weight excluding hydrogens is 250 g/mol. The summed E-state index contributed by atoms with van der Waals surface area (Å²) in [6.45, 7) is 9.64. The molecule has 20 heavy (non-hydrogen) atoms. The number of aliphatic hydroxyl groups excluding tert-OH is 1. The average Bonchev–Trinajstić information content (AvgIpc) is 2.36. The van der Waals surface area contributed by atoms with E-state index in [1.165, 1.54) is 6.42 Å². The van der Waals surface area contributed by atoms with Crippen molar-refractivity contribution in [1.82, 2.24) is 15.3 Å². The van der Waals surface area contributed by atoms with Gasteiger partial charge < -0.3 is 10.4 Å². The first-order valence-corrected chi connectivity index (χ1v) is 7.48. The highest BCUT2D eigenvalue weighted by Gasteiger charge is 2.42. The Labute approximate surface area is 122 Å². The lowest BCUT2D eigenvalue weighted by atomic mass is 9.64. The van der Waals surface area contributed by atoms with Gasteiger partial charge in [0.15, 0.2) is 0 Å². The Morgan fingerprint density at radius 3 is 2.60 bits per heavy atom. The second-order valence-electron chi connectivity index (χ2n) is 7.30. The topological polar surface area (TPSA) is 58.0 Å². The zero-order valence-electron chi connectivity index (χ0n) is 13.1. The molecule has 2 N–H and O–H groups in total. The quantitative estimate of drug-likeness (QED) is 0.887. The maximum absolute atomic E-state index is 9.92. The lowest BCUT2D eigenvalue weighted by Gasteiger charge is -2.47. The predicted octanol–water partition coefficient (Wildman–Crippen LogP) is 2.45. The summed E-state index contributed by atoms with van der Waals surface area (Å²) in [4.78, 5) is 8.65. The molecule has 2 atom stereocenters. The number of aromatic nitrogens is 2. The van der Waals surface area contributed by atoms with Crippen molar-refractivity contribution in [2.24, 2.45) is 11.3 Å². The molecule has 0 unspecified atom stereocenters. The molecule has 1 aliphatic carbocycles. The van der Waals surface area contributed by atoms with Crippen molar-refractivity contribution in [2.45, 2.75) is 59.0 Å². The normalized spacial score (nSPS) is 29.4. The fourth-order valence-electron chi connectivity index (χ4n) is 3.84. The molecule has 1 heterocycles. The Morgan fingerprint density at radius 2 is 2.05 bits per heavy atom. The van der Waals surface area contributed by atoms with Gasteiger partial charge in [0.1, 0.15) is 0 Å². The number of nitrogens with one attached hydrogen (secondary N) is 1. The van der Waals surface area contributed by atoms with Crippen molar-refractivity contribution in [1.29, 1.82) is 0 Å². The summed E-state index contributed by atoms with van der Waals surface area (Å²) < 4.78 is 0. The first-order chi connectivity index (χ1) is 9.34. The van der Waals surface area contributed by atoms with E-state index in [2.05, 4.69) is 36.1 Å². The highest BCUT2D eigenvalue weighted by Crippen LogP contribution is 2.43. The number of aryl methyl sites for hydroxylation is 1. The summed E-state index contributed by atoms with van der Waals surface area (Å²) in [6, 6.07) is 0. The van der Waals surface area contributed by atoms with E-state index in [0.717, 1.165) is 24.2 Å². The lowest BCUT2D eigenvalue weighted by Crippen LogP contribution is -2.54. The van der Waals surface area contributed by atoms with Gasteiger partial charge in [-0.15, -0.1) is 0 Å². The molecule has 0 bridgehead atoms.